The molecule has 0 atom stereocenters. The number of benzene rings is 3. The Morgan fingerprint density at radius 1 is 1.07 bits per heavy atom. The molecule has 3 aromatic carbocycles. The first-order valence-corrected chi connectivity index (χ1v) is 11.9. The third kappa shape index (κ3) is 5.48. The fraction of sp³-hybridized carbons (Fsp3) is 0.111. The van der Waals surface area contributed by atoms with Crippen LogP contribution in [0.5, 0.6) is 11.5 Å². The lowest BCUT2D eigenvalue weighted by Gasteiger charge is -2.12. The molecule has 0 aliphatic rings. The third-order valence-corrected chi connectivity index (χ3v) is 5.84. The summed E-state index contributed by atoms with van der Waals surface area (Å²) in [7, 11) is 1.52. The van der Waals surface area contributed by atoms with Crippen molar-refractivity contribution in [2.24, 2.45) is 5.10 Å². The summed E-state index contributed by atoms with van der Waals surface area (Å²) in [4.78, 5) is 13.4. The number of halogens is 1. The molecule has 0 saturated carbocycles. The summed E-state index contributed by atoms with van der Waals surface area (Å²) in [6.07, 6.45) is 0. The Hall–Kier alpha value is -5.59. The van der Waals surface area contributed by atoms with E-state index in [1.54, 1.807) is 49.4 Å². The highest BCUT2D eigenvalue weighted by Gasteiger charge is 2.26. The van der Waals surface area contributed by atoms with Gasteiger partial charge in [-0.2, -0.15) is 9.78 Å². The average Bonchev–Trinajstić information content (AvgIpc) is 3.61. The molecular formula is C27H23FN8O4. The standard InChI is InChI=1S/C27H23FN8O4/c1-16(19-10-13-21(22(14-19)38-2)39-15-17-8-11-20(28)12-9-17)30-32-27(37)24-23(18-6-4-3-5-7-18)31-35-36(24)26-25(29)33-40-34-26/h3-14H,15H2,1-2H3,(H2,29,33)(H,32,37)/b30-16-. The molecule has 40 heavy (non-hydrogen) atoms. The highest BCUT2D eigenvalue weighted by molar-refractivity contribution is 6.02. The van der Waals surface area contributed by atoms with Crippen molar-refractivity contribution < 1.29 is 23.3 Å². The number of carbonyl (C=O) groups excluding carboxylic acids is 1. The second kappa shape index (κ2) is 11.4. The maximum Gasteiger partial charge on any atom is 0.292 e. The van der Waals surface area contributed by atoms with Crippen molar-refractivity contribution in [1.29, 1.82) is 0 Å². The number of hydrogen-bond donors (Lipinski definition) is 2. The van der Waals surface area contributed by atoms with Crippen molar-refractivity contribution in [2.75, 3.05) is 12.8 Å². The first-order valence-electron chi connectivity index (χ1n) is 11.9. The first-order chi connectivity index (χ1) is 19.4. The van der Waals surface area contributed by atoms with E-state index >= 15 is 0 Å². The van der Waals surface area contributed by atoms with Crippen molar-refractivity contribution in [3.05, 3.63) is 95.4 Å². The molecule has 12 nitrogen and oxygen atoms in total. The molecule has 3 N–H and O–H groups in total. The fourth-order valence-electron chi connectivity index (χ4n) is 3.77. The number of methoxy groups -OCH3 is 1. The molecule has 0 aliphatic carbocycles. The van der Waals surface area contributed by atoms with Crippen molar-refractivity contribution in [2.45, 2.75) is 13.5 Å². The highest BCUT2D eigenvalue weighted by atomic mass is 19.1. The van der Waals surface area contributed by atoms with Crippen LogP contribution in [0.1, 0.15) is 28.5 Å². The lowest BCUT2D eigenvalue weighted by atomic mass is 10.1. The molecule has 5 rings (SSSR count). The van der Waals surface area contributed by atoms with E-state index in [1.807, 2.05) is 18.2 Å². The largest absolute Gasteiger partial charge is 0.493 e. The van der Waals surface area contributed by atoms with E-state index < -0.39 is 5.91 Å². The van der Waals surface area contributed by atoms with E-state index in [4.69, 9.17) is 15.2 Å². The number of nitrogen functional groups attached to an aromatic ring is 1. The van der Waals surface area contributed by atoms with Gasteiger partial charge in [-0.05, 0) is 53.1 Å². The molecular weight excluding hydrogens is 519 g/mol. The van der Waals surface area contributed by atoms with Crippen LogP contribution in [0.2, 0.25) is 0 Å². The van der Waals surface area contributed by atoms with Gasteiger partial charge in [0.1, 0.15) is 18.1 Å². The predicted octanol–water partition coefficient (Wildman–Crippen LogP) is 3.78. The quantitative estimate of drug-likeness (QED) is 0.209. The van der Waals surface area contributed by atoms with E-state index in [0.717, 1.165) is 10.2 Å². The monoisotopic (exact) mass is 542 g/mol. The van der Waals surface area contributed by atoms with Crippen LogP contribution in [-0.4, -0.2) is 44.0 Å². The number of amides is 1. The summed E-state index contributed by atoms with van der Waals surface area (Å²) in [6, 6.07) is 20.3. The predicted molar refractivity (Wildman–Crippen MR) is 142 cm³/mol. The number of carbonyl (C=O) groups is 1. The second-order valence-corrected chi connectivity index (χ2v) is 8.46. The van der Waals surface area contributed by atoms with Gasteiger partial charge in [0.05, 0.1) is 12.8 Å². The number of aromatic nitrogens is 5. The van der Waals surface area contributed by atoms with E-state index in [0.29, 0.717) is 28.3 Å². The summed E-state index contributed by atoms with van der Waals surface area (Å²) in [5.74, 6) is -0.0222. The van der Waals surface area contributed by atoms with Crippen molar-refractivity contribution in [3.63, 3.8) is 0 Å². The van der Waals surface area contributed by atoms with E-state index in [9.17, 15) is 9.18 Å². The van der Waals surface area contributed by atoms with Gasteiger partial charge in [-0.25, -0.2) is 14.4 Å². The molecule has 0 spiro atoms. The molecule has 5 aromatic rings. The van der Waals surface area contributed by atoms with E-state index in [1.165, 1.54) is 19.2 Å². The maximum atomic E-state index is 13.4. The number of anilines is 1. The van der Waals surface area contributed by atoms with Gasteiger partial charge in [-0.1, -0.05) is 47.7 Å². The summed E-state index contributed by atoms with van der Waals surface area (Å²) in [6.45, 7) is 1.96. The number of nitrogens with zero attached hydrogens (tertiary/aromatic N) is 6. The van der Waals surface area contributed by atoms with Crippen LogP contribution in [-0.2, 0) is 6.61 Å². The molecule has 13 heteroatoms. The highest BCUT2D eigenvalue weighted by Crippen LogP contribution is 2.29. The Balaban J connectivity index is 1.37. The van der Waals surface area contributed by atoms with Crippen LogP contribution in [0.25, 0.3) is 17.1 Å². The number of hydrazone groups is 1. The first kappa shape index (κ1) is 26.0. The second-order valence-electron chi connectivity index (χ2n) is 8.46. The smallest absolute Gasteiger partial charge is 0.292 e. The average molecular weight is 543 g/mol. The Morgan fingerprint density at radius 3 is 2.55 bits per heavy atom. The molecule has 0 unspecified atom stereocenters. The number of hydrogen-bond acceptors (Lipinski definition) is 10. The van der Waals surface area contributed by atoms with Crippen LogP contribution in [0.15, 0.2) is 82.5 Å². The van der Waals surface area contributed by atoms with Gasteiger partial charge in [0.2, 0.25) is 11.6 Å². The van der Waals surface area contributed by atoms with Gasteiger partial charge >= 0.3 is 0 Å². The number of nitrogens with one attached hydrogen (secondary N) is 1. The minimum atomic E-state index is -0.614. The minimum absolute atomic E-state index is 0.0153. The number of rotatable bonds is 9. The molecule has 0 radical (unpaired) electrons. The Bertz CT molecular complexity index is 1670. The van der Waals surface area contributed by atoms with Gasteiger partial charge in [0, 0.05) is 11.1 Å². The van der Waals surface area contributed by atoms with Gasteiger partial charge in [0.25, 0.3) is 5.91 Å². The normalized spacial score (nSPS) is 11.3. The summed E-state index contributed by atoms with van der Waals surface area (Å²) >= 11 is 0. The van der Waals surface area contributed by atoms with Crippen molar-refractivity contribution in [3.8, 4) is 28.6 Å². The summed E-state index contributed by atoms with van der Waals surface area (Å²) in [5.41, 5.74) is 11.3. The Kier molecular flexibility index (Phi) is 7.44. The van der Waals surface area contributed by atoms with E-state index in [2.05, 4.69) is 35.8 Å². The number of nitrogens with two attached hydrogens (primary N) is 1. The van der Waals surface area contributed by atoms with Crippen molar-refractivity contribution in [1.82, 2.24) is 30.7 Å². The molecule has 2 heterocycles. The van der Waals surface area contributed by atoms with Gasteiger partial charge in [-0.15, -0.1) is 5.10 Å². The molecule has 202 valence electrons. The SMILES string of the molecule is COc1cc(/C(C)=N\NC(=O)c2c(-c3ccccc3)nnn2-c2nonc2N)ccc1OCc1ccc(F)cc1. The summed E-state index contributed by atoms with van der Waals surface area (Å²) < 4.78 is 30.3. The van der Waals surface area contributed by atoms with E-state index in [-0.39, 0.29) is 35.4 Å². The van der Waals surface area contributed by atoms with Gasteiger partial charge < -0.3 is 15.2 Å². The van der Waals surface area contributed by atoms with Crippen LogP contribution >= 0.6 is 0 Å². The lowest BCUT2D eigenvalue weighted by Crippen LogP contribution is -2.23. The zero-order valence-corrected chi connectivity index (χ0v) is 21.4. The molecule has 2 aromatic heterocycles. The minimum Gasteiger partial charge on any atom is -0.493 e. The van der Waals surface area contributed by atoms with Gasteiger partial charge in [0.15, 0.2) is 17.2 Å². The molecule has 0 bridgehead atoms. The molecule has 1 amide bonds. The molecule has 0 aliphatic heterocycles. The van der Waals surface area contributed by atoms with Crippen LogP contribution in [0.4, 0.5) is 10.2 Å². The Morgan fingerprint density at radius 2 is 1.85 bits per heavy atom. The number of ether oxygens (including phenoxy) is 2. The summed E-state index contributed by atoms with van der Waals surface area (Å²) in [5, 5.41) is 19.8. The Labute approximate surface area is 227 Å². The zero-order chi connectivity index (χ0) is 28.1. The fourth-order valence-corrected chi connectivity index (χ4v) is 3.77. The van der Waals surface area contributed by atoms with Gasteiger partial charge in [-0.3, -0.25) is 4.79 Å². The van der Waals surface area contributed by atoms with Crippen molar-refractivity contribution >= 4 is 17.4 Å². The molecule has 0 fully saturated rings. The van der Waals surface area contributed by atoms with Crippen LogP contribution in [0.3, 0.4) is 0 Å². The maximum absolute atomic E-state index is 13.4. The topological polar surface area (TPSA) is 156 Å². The lowest BCUT2D eigenvalue weighted by molar-refractivity contribution is 0.0947. The molecule has 0 saturated heterocycles. The third-order valence-electron chi connectivity index (χ3n) is 5.84. The van der Waals surface area contributed by atoms with Crippen LogP contribution in [0, 0.1) is 5.82 Å². The zero-order valence-electron chi connectivity index (χ0n) is 21.4. The van der Waals surface area contributed by atoms with Crippen LogP contribution < -0.4 is 20.6 Å².